The minimum atomic E-state index is 1.34. The predicted octanol–water partition coefficient (Wildman–Crippen LogP) is 4.63. The van der Waals surface area contributed by atoms with E-state index in [2.05, 4.69) is 47.2 Å². The van der Waals surface area contributed by atoms with Crippen LogP contribution in [0.25, 0.3) is 20.5 Å². The molecule has 0 unspecified atom stereocenters. The zero-order valence-electron chi connectivity index (χ0n) is 7.44. The van der Waals surface area contributed by atoms with Crippen LogP contribution in [-0.2, 0) is 0 Å². The summed E-state index contributed by atoms with van der Waals surface area (Å²) < 4.78 is 1.37. The van der Waals surface area contributed by atoms with Crippen LogP contribution in [0.3, 0.4) is 0 Å². The van der Waals surface area contributed by atoms with Crippen LogP contribution in [0.15, 0.2) is 47.2 Å². The average Bonchev–Trinajstić information content (AvgIpc) is 2.86. The van der Waals surface area contributed by atoms with E-state index in [4.69, 9.17) is 0 Å². The molecule has 0 amide bonds. The van der Waals surface area contributed by atoms with Crippen LogP contribution >= 0.6 is 22.7 Å². The number of rotatable bonds is 1. The molecule has 0 aliphatic heterocycles. The zero-order chi connectivity index (χ0) is 9.38. The van der Waals surface area contributed by atoms with Gasteiger partial charge in [0.1, 0.15) is 0 Å². The molecule has 0 saturated carbocycles. The molecule has 0 fully saturated rings. The maximum atomic E-state index is 2.27. The van der Waals surface area contributed by atoms with Crippen LogP contribution in [0.2, 0.25) is 0 Å². The van der Waals surface area contributed by atoms with Gasteiger partial charge < -0.3 is 0 Å². The summed E-state index contributed by atoms with van der Waals surface area (Å²) in [5.74, 6) is 0. The molecule has 0 aliphatic carbocycles. The molecule has 14 heavy (non-hydrogen) atoms. The van der Waals surface area contributed by atoms with Crippen LogP contribution in [0.1, 0.15) is 0 Å². The van der Waals surface area contributed by atoms with Crippen molar-refractivity contribution in [2.45, 2.75) is 0 Å². The highest BCUT2D eigenvalue weighted by atomic mass is 32.1. The third-order valence-corrected chi connectivity index (χ3v) is 4.08. The molecular weight excluding hydrogens is 208 g/mol. The molecule has 0 nitrogen and oxygen atoms in total. The smallest absolute Gasteiger partial charge is 0.0363 e. The summed E-state index contributed by atoms with van der Waals surface area (Å²) in [5.41, 5.74) is 1.34. The lowest BCUT2D eigenvalue weighted by Gasteiger charge is -1.86. The lowest BCUT2D eigenvalue weighted by Crippen LogP contribution is -1.59. The monoisotopic (exact) mass is 216 g/mol. The van der Waals surface area contributed by atoms with Gasteiger partial charge in [-0.15, -0.1) is 11.3 Å². The Bertz CT molecular complexity index is 513. The SMILES string of the molecule is c1ccc2sc(-c3ccsc3)cc2c1. The molecule has 0 saturated heterocycles. The van der Waals surface area contributed by atoms with Gasteiger partial charge >= 0.3 is 0 Å². The quantitative estimate of drug-likeness (QED) is 0.556. The van der Waals surface area contributed by atoms with E-state index in [-0.39, 0.29) is 0 Å². The van der Waals surface area contributed by atoms with E-state index in [1.54, 1.807) is 11.3 Å². The van der Waals surface area contributed by atoms with Crippen LogP contribution in [-0.4, -0.2) is 0 Å². The van der Waals surface area contributed by atoms with E-state index >= 15 is 0 Å². The number of hydrogen-bond acceptors (Lipinski definition) is 2. The van der Waals surface area contributed by atoms with E-state index < -0.39 is 0 Å². The molecule has 0 spiro atoms. The van der Waals surface area contributed by atoms with Crippen LogP contribution in [0.4, 0.5) is 0 Å². The first-order valence-electron chi connectivity index (χ1n) is 4.45. The van der Waals surface area contributed by atoms with Crippen molar-refractivity contribution >= 4 is 32.8 Å². The molecule has 3 rings (SSSR count). The Morgan fingerprint density at radius 1 is 1.00 bits per heavy atom. The van der Waals surface area contributed by atoms with Crippen molar-refractivity contribution in [2.24, 2.45) is 0 Å². The van der Waals surface area contributed by atoms with Crippen molar-refractivity contribution < 1.29 is 0 Å². The van der Waals surface area contributed by atoms with Crippen LogP contribution in [0.5, 0.6) is 0 Å². The Labute approximate surface area is 90.5 Å². The molecule has 0 atom stereocenters. The lowest BCUT2D eigenvalue weighted by molar-refractivity contribution is 1.85. The van der Waals surface area contributed by atoms with Crippen molar-refractivity contribution in [2.75, 3.05) is 0 Å². The zero-order valence-corrected chi connectivity index (χ0v) is 9.07. The second kappa shape index (κ2) is 3.23. The fourth-order valence-corrected chi connectivity index (χ4v) is 3.32. The van der Waals surface area contributed by atoms with E-state index in [0.29, 0.717) is 0 Å². The molecule has 2 aromatic heterocycles. The van der Waals surface area contributed by atoms with Gasteiger partial charge in [0.25, 0.3) is 0 Å². The van der Waals surface area contributed by atoms with E-state index in [9.17, 15) is 0 Å². The van der Waals surface area contributed by atoms with Gasteiger partial charge in [-0.3, -0.25) is 0 Å². The minimum absolute atomic E-state index is 1.34. The highest BCUT2D eigenvalue weighted by Gasteiger charge is 2.02. The van der Waals surface area contributed by atoms with Crippen molar-refractivity contribution in [3.63, 3.8) is 0 Å². The first kappa shape index (κ1) is 8.21. The molecule has 2 heteroatoms. The van der Waals surface area contributed by atoms with Crippen molar-refractivity contribution in [1.82, 2.24) is 0 Å². The fraction of sp³-hybridized carbons (Fsp3) is 0. The van der Waals surface area contributed by atoms with Gasteiger partial charge in [0.15, 0.2) is 0 Å². The molecular formula is C12H8S2. The second-order valence-corrected chi connectivity index (χ2v) is 5.02. The summed E-state index contributed by atoms with van der Waals surface area (Å²) in [7, 11) is 0. The van der Waals surface area contributed by atoms with Crippen LogP contribution in [0, 0.1) is 0 Å². The minimum Gasteiger partial charge on any atom is -0.152 e. The Morgan fingerprint density at radius 3 is 2.71 bits per heavy atom. The number of fused-ring (bicyclic) bond motifs is 1. The summed E-state index contributed by atoms with van der Waals surface area (Å²) in [6.45, 7) is 0. The summed E-state index contributed by atoms with van der Waals surface area (Å²) in [5, 5.41) is 5.67. The summed E-state index contributed by atoms with van der Waals surface area (Å²) in [6.07, 6.45) is 0. The molecule has 0 N–H and O–H groups in total. The van der Waals surface area contributed by atoms with Gasteiger partial charge in [0.05, 0.1) is 0 Å². The number of hydrogen-bond donors (Lipinski definition) is 0. The summed E-state index contributed by atoms with van der Waals surface area (Å²) >= 11 is 3.61. The lowest BCUT2D eigenvalue weighted by atomic mass is 10.2. The van der Waals surface area contributed by atoms with E-state index in [0.717, 1.165) is 0 Å². The van der Waals surface area contributed by atoms with Gasteiger partial charge in [-0.05, 0) is 34.3 Å². The Hall–Kier alpha value is -1.12. The number of benzene rings is 1. The maximum absolute atomic E-state index is 2.27. The highest BCUT2D eigenvalue weighted by Crippen LogP contribution is 2.34. The largest absolute Gasteiger partial charge is 0.152 e. The van der Waals surface area contributed by atoms with Crippen molar-refractivity contribution in [3.05, 3.63) is 47.2 Å². The first-order chi connectivity index (χ1) is 6.93. The maximum Gasteiger partial charge on any atom is 0.0363 e. The average molecular weight is 216 g/mol. The molecule has 0 radical (unpaired) electrons. The third kappa shape index (κ3) is 1.27. The van der Waals surface area contributed by atoms with Gasteiger partial charge in [-0.25, -0.2) is 0 Å². The molecule has 68 valence electrons. The summed E-state index contributed by atoms with van der Waals surface area (Å²) in [4.78, 5) is 1.37. The van der Waals surface area contributed by atoms with E-state index in [1.165, 1.54) is 20.5 Å². The highest BCUT2D eigenvalue weighted by molar-refractivity contribution is 7.22. The Morgan fingerprint density at radius 2 is 1.93 bits per heavy atom. The van der Waals surface area contributed by atoms with Crippen molar-refractivity contribution in [1.29, 1.82) is 0 Å². The second-order valence-electron chi connectivity index (χ2n) is 3.16. The van der Waals surface area contributed by atoms with Crippen molar-refractivity contribution in [3.8, 4) is 10.4 Å². The molecule has 3 aromatic rings. The Kier molecular flexibility index (Phi) is 1.89. The van der Waals surface area contributed by atoms with Gasteiger partial charge in [-0.1, -0.05) is 18.2 Å². The molecule has 0 bridgehead atoms. The fourth-order valence-electron chi connectivity index (χ4n) is 1.53. The molecule has 0 aliphatic rings. The van der Waals surface area contributed by atoms with Crippen LogP contribution < -0.4 is 0 Å². The predicted molar refractivity (Wildman–Crippen MR) is 65.1 cm³/mol. The standard InChI is InChI=1S/C12H8S2/c1-2-4-11-9(3-1)7-12(14-11)10-5-6-13-8-10/h1-8H. The third-order valence-electron chi connectivity index (χ3n) is 2.23. The Balaban J connectivity index is 2.24. The van der Waals surface area contributed by atoms with Gasteiger partial charge in [0, 0.05) is 15.1 Å². The topological polar surface area (TPSA) is 0 Å². The molecule has 2 heterocycles. The summed E-state index contributed by atoms with van der Waals surface area (Å²) in [6, 6.07) is 13.0. The van der Waals surface area contributed by atoms with E-state index in [1.807, 2.05) is 11.3 Å². The first-order valence-corrected chi connectivity index (χ1v) is 6.20. The molecule has 1 aromatic carbocycles. The number of thiophene rings is 2. The normalized spacial score (nSPS) is 10.9. The van der Waals surface area contributed by atoms with Gasteiger partial charge in [-0.2, -0.15) is 11.3 Å². The van der Waals surface area contributed by atoms with Gasteiger partial charge in [0.2, 0.25) is 0 Å².